The van der Waals surface area contributed by atoms with Gasteiger partial charge in [0.1, 0.15) is 0 Å². The Hall–Kier alpha value is -2.29. The second-order valence-corrected chi connectivity index (χ2v) is 6.90. The van der Waals surface area contributed by atoms with Crippen molar-refractivity contribution in [3.8, 4) is 0 Å². The quantitative estimate of drug-likeness (QED) is 0.889. The number of tetrazole rings is 1. The Kier molecular flexibility index (Phi) is 4.27. The first-order valence-electron chi connectivity index (χ1n) is 6.62. The normalized spacial score (nSPS) is 11.5. The highest BCUT2D eigenvalue weighted by Gasteiger charge is 2.22. The van der Waals surface area contributed by atoms with E-state index < -0.39 is 15.7 Å². The van der Waals surface area contributed by atoms with Crippen molar-refractivity contribution in [3.63, 3.8) is 0 Å². The number of aromatic nitrogens is 4. The number of anilines is 1. The van der Waals surface area contributed by atoms with Crippen LogP contribution in [0, 0.1) is 6.92 Å². The van der Waals surface area contributed by atoms with Gasteiger partial charge >= 0.3 is 0 Å². The molecule has 0 aliphatic heterocycles. The molecule has 1 aromatic heterocycles. The van der Waals surface area contributed by atoms with E-state index in [4.69, 9.17) is 0 Å². The van der Waals surface area contributed by atoms with E-state index in [2.05, 4.69) is 20.8 Å². The number of aryl methyl sites for hydroxylation is 2. The van der Waals surface area contributed by atoms with Gasteiger partial charge < -0.3 is 0 Å². The van der Waals surface area contributed by atoms with Crippen LogP contribution in [0.4, 0.5) is 5.95 Å². The molecule has 1 amide bonds. The van der Waals surface area contributed by atoms with Crippen LogP contribution in [0.3, 0.4) is 0 Å². The summed E-state index contributed by atoms with van der Waals surface area (Å²) < 4.78 is 25.3. The van der Waals surface area contributed by atoms with Gasteiger partial charge in [0.15, 0.2) is 9.84 Å². The smallest absolute Gasteiger partial charge is 0.258 e. The van der Waals surface area contributed by atoms with E-state index in [0.29, 0.717) is 23.1 Å². The summed E-state index contributed by atoms with van der Waals surface area (Å²) in [6.45, 7) is 3.52. The monoisotopic (exact) mass is 323 g/mol. The molecule has 0 aliphatic rings. The Balaban J connectivity index is 2.52. The molecule has 0 atom stereocenters. The van der Waals surface area contributed by atoms with Crippen LogP contribution in [-0.4, -0.2) is 40.8 Å². The van der Waals surface area contributed by atoms with Crippen molar-refractivity contribution in [1.29, 1.82) is 0 Å². The van der Waals surface area contributed by atoms with Crippen LogP contribution >= 0.6 is 0 Å². The maximum absolute atomic E-state index is 12.4. The SMILES string of the molecule is CCc1c(C(=O)Nc2nnnn2C)ccc(C)c1S(C)(=O)=O. The summed E-state index contributed by atoms with van der Waals surface area (Å²) in [6, 6.07) is 3.24. The molecule has 1 N–H and O–H groups in total. The number of rotatable bonds is 4. The molecule has 118 valence electrons. The Morgan fingerprint density at radius 1 is 1.36 bits per heavy atom. The fourth-order valence-electron chi connectivity index (χ4n) is 2.33. The molecule has 22 heavy (non-hydrogen) atoms. The van der Waals surface area contributed by atoms with Gasteiger partial charge in [-0.05, 0) is 41.0 Å². The van der Waals surface area contributed by atoms with Crippen molar-refractivity contribution in [2.45, 2.75) is 25.2 Å². The summed E-state index contributed by atoms with van der Waals surface area (Å²) in [4.78, 5) is 12.6. The van der Waals surface area contributed by atoms with E-state index in [1.54, 1.807) is 26.1 Å². The lowest BCUT2D eigenvalue weighted by atomic mass is 10.0. The highest BCUT2D eigenvalue weighted by atomic mass is 32.2. The van der Waals surface area contributed by atoms with Crippen molar-refractivity contribution in [2.75, 3.05) is 11.6 Å². The fourth-order valence-corrected chi connectivity index (χ4v) is 3.68. The van der Waals surface area contributed by atoms with Crippen LogP contribution in [-0.2, 0) is 23.3 Å². The zero-order valence-electron chi connectivity index (χ0n) is 12.8. The first-order valence-corrected chi connectivity index (χ1v) is 8.51. The van der Waals surface area contributed by atoms with Gasteiger partial charge in [-0.3, -0.25) is 10.1 Å². The first-order chi connectivity index (χ1) is 10.3. The van der Waals surface area contributed by atoms with Crippen LogP contribution in [0.5, 0.6) is 0 Å². The molecule has 8 nitrogen and oxygen atoms in total. The van der Waals surface area contributed by atoms with E-state index in [0.717, 1.165) is 6.26 Å². The molecule has 0 fully saturated rings. The molecule has 0 aliphatic carbocycles. The number of nitrogens with one attached hydrogen (secondary N) is 1. The van der Waals surface area contributed by atoms with Gasteiger partial charge in [0.05, 0.1) is 4.90 Å². The van der Waals surface area contributed by atoms with Gasteiger partial charge in [-0.25, -0.2) is 13.1 Å². The molecular weight excluding hydrogens is 306 g/mol. The maximum atomic E-state index is 12.4. The zero-order valence-corrected chi connectivity index (χ0v) is 13.6. The number of sulfone groups is 1. The van der Waals surface area contributed by atoms with E-state index in [-0.39, 0.29) is 10.8 Å². The summed E-state index contributed by atoms with van der Waals surface area (Å²) in [5, 5.41) is 13.3. The summed E-state index contributed by atoms with van der Waals surface area (Å²) in [5.74, 6) is -0.256. The average molecular weight is 323 g/mol. The molecular formula is C13H17N5O3S. The summed E-state index contributed by atoms with van der Waals surface area (Å²) in [5.41, 5.74) is 1.42. The lowest BCUT2D eigenvalue weighted by molar-refractivity contribution is 0.102. The first kappa shape index (κ1) is 16.1. The molecule has 0 spiro atoms. The van der Waals surface area contributed by atoms with Crippen LogP contribution in [0.25, 0.3) is 0 Å². The third-order valence-corrected chi connectivity index (χ3v) is 4.58. The fraction of sp³-hybridized carbons (Fsp3) is 0.385. The summed E-state index contributed by atoms with van der Waals surface area (Å²) in [6.07, 6.45) is 1.56. The topological polar surface area (TPSA) is 107 Å². The summed E-state index contributed by atoms with van der Waals surface area (Å²) >= 11 is 0. The minimum atomic E-state index is -3.43. The van der Waals surface area contributed by atoms with Crippen molar-refractivity contribution in [3.05, 3.63) is 28.8 Å². The molecule has 9 heteroatoms. The molecule has 1 heterocycles. The number of hydrogen-bond donors (Lipinski definition) is 1. The number of carbonyl (C=O) groups is 1. The Morgan fingerprint density at radius 3 is 2.55 bits per heavy atom. The molecule has 1 aromatic carbocycles. The van der Waals surface area contributed by atoms with Crippen molar-refractivity contribution < 1.29 is 13.2 Å². The average Bonchev–Trinajstić information content (AvgIpc) is 2.82. The zero-order chi connectivity index (χ0) is 16.5. The van der Waals surface area contributed by atoms with Crippen LogP contribution in [0.2, 0.25) is 0 Å². The summed E-state index contributed by atoms with van der Waals surface area (Å²) in [7, 11) is -1.84. The molecule has 0 saturated carbocycles. The van der Waals surface area contributed by atoms with Crippen molar-refractivity contribution in [2.24, 2.45) is 7.05 Å². The highest BCUT2D eigenvalue weighted by Crippen LogP contribution is 2.25. The van der Waals surface area contributed by atoms with Crippen molar-refractivity contribution >= 4 is 21.7 Å². The van der Waals surface area contributed by atoms with E-state index >= 15 is 0 Å². The van der Waals surface area contributed by atoms with Gasteiger partial charge in [-0.2, -0.15) is 0 Å². The lowest BCUT2D eigenvalue weighted by Crippen LogP contribution is -2.19. The van der Waals surface area contributed by atoms with E-state index in [1.165, 1.54) is 4.68 Å². The minimum absolute atomic E-state index is 0.188. The van der Waals surface area contributed by atoms with Crippen LogP contribution in [0.1, 0.15) is 28.4 Å². The van der Waals surface area contributed by atoms with Gasteiger partial charge in [-0.15, -0.1) is 0 Å². The van der Waals surface area contributed by atoms with Crippen LogP contribution in [0.15, 0.2) is 17.0 Å². The van der Waals surface area contributed by atoms with E-state index in [1.807, 2.05) is 6.92 Å². The molecule has 0 bridgehead atoms. The number of carbonyl (C=O) groups excluding carboxylic acids is 1. The standard InChI is InChI=1S/C13H17N5O3S/c1-5-9-10(7-6-8(2)11(9)22(4,20)21)12(19)14-13-15-16-17-18(13)3/h6-7H,5H2,1-4H3,(H,14,15,17,19). The van der Waals surface area contributed by atoms with Gasteiger partial charge in [0, 0.05) is 18.9 Å². The number of benzene rings is 1. The van der Waals surface area contributed by atoms with Crippen LogP contribution < -0.4 is 5.32 Å². The lowest BCUT2D eigenvalue weighted by Gasteiger charge is -2.14. The molecule has 2 aromatic rings. The molecule has 0 radical (unpaired) electrons. The number of hydrogen-bond acceptors (Lipinski definition) is 6. The predicted molar refractivity (Wildman–Crippen MR) is 80.4 cm³/mol. The highest BCUT2D eigenvalue weighted by molar-refractivity contribution is 7.90. The molecule has 0 unspecified atom stereocenters. The largest absolute Gasteiger partial charge is 0.289 e. The second-order valence-electron chi connectivity index (χ2n) is 4.94. The number of amides is 1. The Morgan fingerprint density at radius 2 is 2.05 bits per heavy atom. The van der Waals surface area contributed by atoms with Gasteiger partial charge in [-0.1, -0.05) is 18.1 Å². The maximum Gasteiger partial charge on any atom is 0.258 e. The van der Waals surface area contributed by atoms with Crippen molar-refractivity contribution in [1.82, 2.24) is 20.2 Å². The second kappa shape index (κ2) is 5.84. The van der Waals surface area contributed by atoms with E-state index in [9.17, 15) is 13.2 Å². The third kappa shape index (κ3) is 2.98. The number of nitrogens with zero attached hydrogens (tertiary/aromatic N) is 4. The Labute approximate surface area is 128 Å². The third-order valence-electron chi connectivity index (χ3n) is 3.27. The predicted octanol–water partition coefficient (Wildman–Crippen LogP) is 0.737. The van der Waals surface area contributed by atoms with Gasteiger partial charge in [0.25, 0.3) is 5.91 Å². The van der Waals surface area contributed by atoms with Gasteiger partial charge in [0.2, 0.25) is 5.95 Å². The Bertz CT molecular complexity index is 826. The molecule has 0 saturated heterocycles. The molecule has 2 rings (SSSR count). The minimum Gasteiger partial charge on any atom is -0.289 e.